The highest BCUT2D eigenvalue weighted by Gasteiger charge is 2.41. The number of esters is 1. The van der Waals surface area contributed by atoms with Crippen molar-refractivity contribution in [3.05, 3.63) is 39.9 Å². The molecule has 0 radical (unpaired) electrons. The molecule has 2 aromatic rings. The van der Waals surface area contributed by atoms with Crippen LogP contribution in [0.25, 0.3) is 0 Å². The number of thiocarbonyl (C=S) groups is 1. The fraction of sp³-hybridized carbons (Fsp3) is 0.533. The zero-order chi connectivity index (χ0) is 28.5. The lowest BCUT2D eigenvalue weighted by atomic mass is 9.86. The summed E-state index contributed by atoms with van der Waals surface area (Å²) in [5.74, 6) is 3.14. The van der Waals surface area contributed by atoms with Gasteiger partial charge in [-0.15, -0.1) is 0 Å². The second-order valence-electron chi connectivity index (χ2n) is 10.5. The lowest BCUT2D eigenvalue weighted by Gasteiger charge is -2.44. The number of methoxy groups -OCH3 is 3. The van der Waals surface area contributed by atoms with Crippen molar-refractivity contribution in [1.82, 2.24) is 9.80 Å². The van der Waals surface area contributed by atoms with Gasteiger partial charge in [0.2, 0.25) is 5.75 Å². The van der Waals surface area contributed by atoms with Crippen LogP contribution in [0.5, 0.6) is 28.7 Å². The molecule has 2 aromatic carbocycles. The van der Waals surface area contributed by atoms with Crippen molar-refractivity contribution in [3.63, 3.8) is 0 Å². The highest BCUT2D eigenvalue weighted by atomic mass is 32.1. The van der Waals surface area contributed by atoms with Gasteiger partial charge in [-0.1, -0.05) is 12.2 Å². The highest BCUT2D eigenvalue weighted by Crippen LogP contribution is 2.44. The van der Waals surface area contributed by atoms with Gasteiger partial charge in [0.1, 0.15) is 16.5 Å². The Bertz CT molecular complexity index is 1250. The Balaban J connectivity index is 1.44. The third-order valence-electron chi connectivity index (χ3n) is 7.98. The number of carbonyl (C=O) groups excluding carboxylic acids is 1. The average Bonchev–Trinajstić information content (AvgIpc) is 2.93. The number of rotatable bonds is 7. The number of benzene rings is 2. The minimum absolute atomic E-state index is 0.312. The number of fused-ring (bicyclic) bond motifs is 1. The second-order valence-corrected chi connectivity index (χ2v) is 10.9. The van der Waals surface area contributed by atoms with Gasteiger partial charge < -0.3 is 28.6 Å². The molecule has 39 heavy (non-hydrogen) atoms. The number of piperazine rings is 1. The molecule has 2 heterocycles. The molecule has 0 N–H and O–H groups in total. The molecular formula is C30H40N2O6S. The first-order valence-electron chi connectivity index (χ1n) is 13.3. The molecule has 1 unspecified atom stereocenters. The van der Waals surface area contributed by atoms with E-state index in [2.05, 4.69) is 16.7 Å². The Hall–Kier alpha value is -3.04. The predicted octanol–water partition coefficient (Wildman–Crippen LogP) is 4.79. The van der Waals surface area contributed by atoms with Crippen LogP contribution in [-0.2, 0) is 17.8 Å². The second kappa shape index (κ2) is 11.6. The summed E-state index contributed by atoms with van der Waals surface area (Å²) in [6.07, 6.45) is 1.58. The molecule has 0 bridgehead atoms. The smallest absolute Gasteiger partial charge is 0.308 e. The zero-order valence-electron chi connectivity index (χ0n) is 24.4. The molecule has 0 amide bonds. The van der Waals surface area contributed by atoms with E-state index in [0.717, 1.165) is 84.1 Å². The van der Waals surface area contributed by atoms with Crippen molar-refractivity contribution in [3.8, 4) is 28.7 Å². The van der Waals surface area contributed by atoms with Crippen LogP contribution in [0.3, 0.4) is 0 Å². The molecule has 2 aliphatic rings. The Morgan fingerprint density at radius 2 is 1.56 bits per heavy atom. The largest absolute Gasteiger partial charge is 0.493 e. The Morgan fingerprint density at radius 1 is 0.949 bits per heavy atom. The summed E-state index contributed by atoms with van der Waals surface area (Å²) < 4.78 is 28.8. The third kappa shape index (κ3) is 5.65. The van der Waals surface area contributed by atoms with Crippen LogP contribution >= 0.6 is 12.2 Å². The van der Waals surface area contributed by atoms with Crippen LogP contribution in [0.15, 0.2) is 12.1 Å². The third-order valence-corrected chi connectivity index (χ3v) is 8.67. The van der Waals surface area contributed by atoms with Crippen molar-refractivity contribution in [1.29, 1.82) is 0 Å². The lowest BCUT2D eigenvalue weighted by Crippen LogP contribution is -2.56. The van der Waals surface area contributed by atoms with Crippen LogP contribution in [0.1, 0.15) is 48.1 Å². The Kier molecular flexibility index (Phi) is 8.61. The quantitative estimate of drug-likeness (QED) is 0.272. The van der Waals surface area contributed by atoms with Crippen LogP contribution in [-0.4, -0.2) is 73.9 Å². The SMILES string of the molecule is COc1cc(CN2CCN(C(=S)C3(C)CCc4c(C)c(OC(C)=O)c(C)c(C)c4O3)CC2)cc(OC)c1OC. The van der Waals surface area contributed by atoms with E-state index >= 15 is 0 Å². The molecule has 0 aliphatic carbocycles. The van der Waals surface area contributed by atoms with Gasteiger partial charge in [0.05, 0.1) is 21.3 Å². The van der Waals surface area contributed by atoms with Gasteiger partial charge in [0.15, 0.2) is 17.1 Å². The summed E-state index contributed by atoms with van der Waals surface area (Å²) in [6, 6.07) is 4.01. The fourth-order valence-electron chi connectivity index (χ4n) is 5.61. The Labute approximate surface area is 237 Å². The molecule has 1 fully saturated rings. The summed E-state index contributed by atoms with van der Waals surface area (Å²) in [7, 11) is 4.88. The van der Waals surface area contributed by atoms with Crippen LogP contribution < -0.4 is 23.7 Å². The van der Waals surface area contributed by atoms with Gasteiger partial charge >= 0.3 is 5.97 Å². The van der Waals surface area contributed by atoms with Gasteiger partial charge in [-0.05, 0) is 74.9 Å². The van der Waals surface area contributed by atoms with Crippen LogP contribution in [0.4, 0.5) is 0 Å². The first-order chi connectivity index (χ1) is 18.5. The van der Waals surface area contributed by atoms with Crippen molar-refractivity contribution in [2.45, 2.75) is 59.6 Å². The fourth-order valence-corrected chi connectivity index (χ4v) is 5.94. The average molecular weight is 557 g/mol. The van der Waals surface area contributed by atoms with E-state index in [1.807, 2.05) is 32.9 Å². The molecule has 212 valence electrons. The van der Waals surface area contributed by atoms with E-state index in [9.17, 15) is 4.79 Å². The molecule has 0 spiro atoms. The summed E-state index contributed by atoms with van der Waals surface area (Å²) in [5.41, 5.74) is 4.52. The van der Waals surface area contributed by atoms with Crippen molar-refractivity contribution >= 4 is 23.2 Å². The number of hydrogen-bond acceptors (Lipinski definition) is 8. The predicted molar refractivity (Wildman–Crippen MR) is 155 cm³/mol. The van der Waals surface area contributed by atoms with Gasteiger partial charge in [-0.25, -0.2) is 0 Å². The minimum atomic E-state index is -0.576. The van der Waals surface area contributed by atoms with Crippen molar-refractivity contribution in [2.75, 3.05) is 47.5 Å². The van der Waals surface area contributed by atoms with Crippen molar-refractivity contribution < 1.29 is 28.5 Å². The van der Waals surface area contributed by atoms with E-state index in [1.165, 1.54) is 6.92 Å². The van der Waals surface area contributed by atoms with E-state index in [-0.39, 0.29) is 5.97 Å². The number of carbonyl (C=O) groups is 1. The summed E-state index contributed by atoms with van der Waals surface area (Å²) in [4.78, 5) is 17.2. The zero-order valence-corrected chi connectivity index (χ0v) is 25.2. The number of hydrogen-bond donors (Lipinski definition) is 0. The maximum absolute atomic E-state index is 11.7. The Morgan fingerprint density at radius 3 is 2.10 bits per heavy atom. The van der Waals surface area contributed by atoms with Gasteiger partial charge in [-0.2, -0.15) is 0 Å². The van der Waals surface area contributed by atoms with E-state index in [1.54, 1.807) is 21.3 Å². The maximum atomic E-state index is 11.7. The monoisotopic (exact) mass is 556 g/mol. The van der Waals surface area contributed by atoms with E-state index in [0.29, 0.717) is 23.0 Å². The van der Waals surface area contributed by atoms with Crippen molar-refractivity contribution in [2.24, 2.45) is 0 Å². The first kappa shape index (κ1) is 29.0. The van der Waals surface area contributed by atoms with Gasteiger partial charge in [0.25, 0.3) is 0 Å². The lowest BCUT2D eigenvalue weighted by molar-refractivity contribution is -0.132. The summed E-state index contributed by atoms with van der Waals surface area (Å²) >= 11 is 6.06. The molecule has 0 saturated carbocycles. The summed E-state index contributed by atoms with van der Waals surface area (Å²) in [5, 5.41) is 0. The molecule has 4 rings (SSSR count). The standard InChI is InChI=1S/C30H40N2O6S/c1-18-19(2)27-23(20(3)26(18)37-21(4)33)9-10-30(5,38-27)29(39)32-13-11-31(12-14-32)17-22-15-24(34-6)28(36-8)25(16-22)35-7/h15-16H,9-14,17H2,1-8H3. The topological polar surface area (TPSA) is 69.7 Å². The van der Waals surface area contributed by atoms with E-state index < -0.39 is 5.60 Å². The highest BCUT2D eigenvalue weighted by molar-refractivity contribution is 7.80. The van der Waals surface area contributed by atoms with Crippen LogP contribution in [0, 0.1) is 20.8 Å². The molecule has 0 aromatic heterocycles. The first-order valence-corrected chi connectivity index (χ1v) is 13.7. The number of nitrogens with zero attached hydrogens (tertiary/aromatic N) is 2. The molecule has 8 nitrogen and oxygen atoms in total. The van der Waals surface area contributed by atoms with Gasteiger partial charge in [-0.3, -0.25) is 9.69 Å². The summed E-state index contributed by atoms with van der Waals surface area (Å²) in [6.45, 7) is 13.7. The minimum Gasteiger partial charge on any atom is -0.493 e. The van der Waals surface area contributed by atoms with Gasteiger partial charge in [0, 0.05) is 45.2 Å². The number of ether oxygens (including phenoxy) is 5. The van der Waals surface area contributed by atoms with E-state index in [4.69, 9.17) is 35.9 Å². The molecular weight excluding hydrogens is 516 g/mol. The maximum Gasteiger partial charge on any atom is 0.308 e. The molecule has 9 heteroatoms. The van der Waals surface area contributed by atoms with Crippen LogP contribution in [0.2, 0.25) is 0 Å². The normalized spacial score (nSPS) is 19.1. The molecule has 1 atom stereocenters. The molecule has 1 saturated heterocycles. The molecule has 2 aliphatic heterocycles.